The fourth-order valence-electron chi connectivity index (χ4n) is 10.9. The second-order valence-corrected chi connectivity index (χ2v) is 17.1. The highest BCUT2D eigenvalue weighted by Crippen LogP contribution is 2.42. The zero-order valence-electron chi connectivity index (χ0n) is 35.5. The van der Waals surface area contributed by atoms with Crippen molar-refractivity contribution in [3.8, 4) is 39.9 Å². The van der Waals surface area contributed by atoms with Crippen LogP contribution in [0.25, 0.3) is 121 Å². The second-order valence-electron chi connectivity index (χ2n) is 17.1. The second kappa shape index (κ2) is 13.9. The molecular formula is C60H36N6. The Bertz CT molecular complexity index is 4270. The van der Waals surface area contributed by atoms with Gasteiger partial charge in [0, 0.05) is 83.7 Å². The molecule has 66 heavy (non-hydrogen) atoms. The summed E-state index contributed by atoms with van der Waals surface area (Å²) in [6, 6.07) is 76.2. The van der Waals surface area contributed by atoms with Gasteiger partial charge in [0.2, 0.25) is 0 Å². The Morgan fingerprint density at radius 3 is 1.11 bits per heavy atom. The SMILES string of the molecule is N#Cc1ccc(-n2c3ccccc3c3cc(-n4c5ccccc5c5ccccc54)ccc32)cc1-c1cnccc1-n1c2ccccc2c2cc(-n3c4ccccc4c4ccccc43)ccc21. The number of nitriles is 1. The molecule has 0 saturated carbocycles. The van der Waals surface area contributed by atoms with Crippen LogP contribution in [-0.2, 0) is 0 Å². The lowest BCUT2D eigenvalue weighted by atomic mass is 9.99. The molecule has 0 aliphatic rings. The topological polar surface area (TPSA) is 56.4 Å². The fourth-order valence-corrected chi connectivity index (χ4v) is 10.9. The summed E-state index contributed by atoms with van der Waals surface area (Å²) in [6.07, 6.45) is 3.76. The molecule has 0 spiro atoms. The van der Waals surface area contributed by atoms with Gasteiger partial charge in [-0.15, -0.1) is 0 Å². The predicted molar refractivity (Wildman–Crippen MR) is 272 cm³/mol. The van der Waals surface area contributed by atoms with Gasteiger partial charge in [0.15, 0.2) is 0 Å². The molecule has 306 valence electrons. The highest BCUT2D eigenvalue weighted by atomic mass is 15.0. The fraction of sp³-hybridized carbons (Fsp3) is 0. The Hall–Kier alpha value is -9.18. The van der Waals surface area contributed by atoms with Crippen LogP contribution >= 0.6 is 0 Å². The average molecular weight is 841 g/mol. The number of aromatic nitrogens is 5. The van der Waals surface area contributed by atoms with Crippen molar-refractivity contribution in [1.29, 1.82) is 5.26 Å². The Kier molecular flexibility index (Phi) is 7.65. The molecule has 14 rings (SSSR count). The first-order valence-electron chi connectivity index (χ1n) is 22.3. The molecule has 14 aromatic rings. The monoisotopic (exact) mass is 840 g/mol. The Labute approximate surface area is 378 Å². The molecular weight excluding hydrogens is 805 g/mol. The molecule has 0 radical (unpaired) electrons. The van der Waals surface area contributed by atoms with Crippen LogP contribution in [0.15, 0.2) is 219 Å². The lowest BCUT2D eigenvalue weighted by molar-refractivity contribution is 1.14. The molecule has 0 aliphatic carbocycles. The third kappa shape index (κ3) is 5.08. The van der Waals surface area contributed by atoms with Gasteiger partial charge in [-0.25, -0.2) is 0 Å². The van der Waals surface area contributed by atoms with E-state index in [1.807, 2.05) is 18.5 Å². The first-order valence-corrected chi connectivity index (χ1v) is 22.3. The zero-order valence-corrected chi connectivity index (χ0v) is 35.5. The van der Waals surface area contributed by atoms with Crippen LogP contribution in [0.1, 0.15) is 5.56 Å². The van der Waals surface area contributed by atoms with Gasteiger partial charge < -0.3 is 18.3 Å². The molecule has 6 nitrogen and oxygen atoms in total. The van der Waals surface area contributed by atoms with E-state index in [0.29, 0.717) is 5.56 Å². The van der Waals surface area contributed by atoms with Crippen molar-refractivity contribution in [3.05, 3.63) is 224 Å². The minimum atomic E-state index is 0.580. The Morgan fingerprint density at radius 2 is 0.667 bits per heavy atom. The van der Waals surface area contributed by atoms with Crippen molar-refractivity contribution in [2.75, 3.05) is 0 Å². The summed E-state index contributed by atoms with van der Waals surface area (Å²) < 4.78 is 9.41. The number of rotatable bonds is 5. The van der Waals surface area contributed by atoms with E-state index in [2.05, 4.69) is 225 Å². The van der Waals surface area contributed by atoms with Gasteiger partial charge in [0.05, 0.1) is 61.5 Å². The van der Waals surface area contributed by atoms with Crippen LogP contribution in [-0.4, -0.2) is 23.3 Å². The molecule has 0 saturated heterocycles. The third-order valence-corrected chi connectivity index (χ3v) is 13.7. The molecule has 0 bridgehead atoms. The molecule has 5 heterocycles. The van der Waals surface area contributed by atoms with Crippen molar-refractivity contribution < 1.29 is 0 Å². The van der Waals surface area contributed by atoms with Crippen molar-refractivity contribution >= 4 is 87.2 Å². The van der Waals surface area contributed by atoms with E-state index in [1.165, 1.54) is 43.6 Å². The molecule has 9 aromatic carbocycles. The van der Waals surface area contributed by atoms with Crippen LogP contribution in [0, 0.1) is 11.3 Å². The molecule has 0 aliphatic heterocycles. The van der Waals surface area contributed by atoms with Gasteiger partial charge in [-0.05, 0) is 97.1 Å². The molecule has 6 heteroatoms. The van der Waals surface area contributed by atoms with Gasteiger partial charge in [0.1, 0.15) is 0 Å². The summed E-state index contributed by atoms with van der Waals surface area (Å²) in [4.78, 5) is 4.71. The summed E-state index contributed by atoms with van der Waals surface area (Å²) in [7, 11) is 0. The summed E-state index contributed by atoms with van der Waals surface area (Å²) in [5.74, 6) is 0. The lowest BCUT2D eigenvalue weighted by Crippen LogP contribution is -2.01. The van der Waals surface area contributed by atoms with Crippen molar-refractivity contribution in [1.82, 2.24) is 23.3 Å². The number of para-hydroxylation sites is 6. The van der Waals surface area contributed by atoms with Gasteiger partial charge in [-0.2, -0.15) is 5.26 Å². The molecule has 5 aromatic heterocycles. The van der Waals surface area contributed by atoms with Crippen LogP contribution in [0.4, 0.5) is 0 Å². The number of fused-ring (bicyclic) bond motifs is 12. The minimum Gasteiger partial charge on any atom is -0.309 e. The minimum absolute atomic E-state index is 0.580. The van der Waals surface area contributed by atoms with Crippen LogP contribution in [0.2, 0.25) is 0 Å². The molecule has 0 N–H and O–H groups in total. The molecule has 0 unspecified atom stereocenters. The summed E-state index contributed by atoms with van der Waals surface area (Å²) in [5, 5.41) is 20.3. The Morgan fingerprint density at radius 1 is 0.318 bits per heavy atom. The zero-order chi connectivity index (χ0) is 43.5. The Balaban J connectivity index is 0.956. The lowest BCUT2D eigenvalue weighted by Gasteiger charge is -2.16. The van der Waals surface area contributed by atoms with E-state index in [-0.39, 0.29) is 0 Å². The standard InChI is InChI=1S/C60H36N6/c61-36-38-25-26-39(65-56-23-11-5-17-46(56)49-34-40(27-29-58(49)65)63-52-19-7-1-13-42(52)43-14-2-8-20-53(43)63)33-48(38)51-37-62-32-31-60(51)66-57-24-12-6-18-47(57)50-35-41(28-30-59(50)66)64-54-21-9-3-15-44(54)45-16-4-10-22-55(45)64/h1-35,37H. The van der Waals surface area contributed by atoms with E-state index >= 15 is 0 Å². The van der Waals surface area contributed by atoms with Crippen LogP contribution in [0.3, 0.4) is 0 Å². The normalized spacial score (nSPS) is 11.9. The van der Waals surface area contributed by atoms with Gasteiger partial charge >= 0.3 is 0 Å². The smallest absolute Gasteiger partial charge is 0.0998 e. The highest BCUT2D eigenvalue weighted by molar-refractivity contribution is 6.14. The summed E-state index contributed by atoms with van der Waals surface area (Å²) in [6.45, 7) is 0. The number of nitrogens with zero attached hydrogens (tertiary/aromatic N) is 6. The number of hydrogen-bond donors (Lipinski definition) is 0. The van der Waals surface area contributed by atoms with E-state index < -0.39 is 0 Å². The summed E-state index contributed by atoms with van der Waals surface area (Å²) >= 11 is 0. The number of hydrogen-bond acceptors (Lipinski definition) is 2. The summed E-state index contributed by atoms with van der Waals surface area (Å²) in [5.41, 5.74) is 15.4. The highest BCUT2D eigenvalue weighted by Gasteiger charge is 2.22. The van der Waals surface area contributed by atoms with Gasteiger partial charge in [0.25, 0.3) is 0 Å². The first-order chi connectivity index (χ1) is 32.7. The largest absolute Gasteiger partial charge is 0.309 e. The third-order valence-electron chi connectivity index (χ3n) is 13.7. The van der Waals surface area contributed by atoms with E-state index in [1.54, 1.807) is 0 Å². The maximum absolute atomic E-state index is 10.8. The number of benzene rings is 9. The van der Waals surface area contributed by atoms with Crippen molar-refractivity contribution in [3.63, 3.8) is 0 Å². The van der Waals surface area contributed by atoms with Gasteiger partial charge in [-0.1, -0.05) is 109 Å². The van der Waals surface area contributed by atoms with E-state index in [0.717, 1.165) is 77.5 Å². The molecule has 0 amide bonds. The van der Waals surface area contributed by atoms with E-state index in [4.69, 9.17) is 4.98 Å². The van der Waals surface area contributed by atoms with Crippen molar-refractivity contribution in [2.45, 2.75) is 0 Å². The van der Waals surface area contributed by atoms with Gasteiger partial charge in [-0.3, -0.25) is 4.98 Å². The van der Waals surface area contributed by atoms with Crippen LogP contribution < -0.4 is 0 Å². The molecule has 0 fully saturated rings. The maximum Gasteiger partial charge on any atom is 0.0998 e. The first kappa shape index (κ1) is 36.3. The maximum atomic E-state index is 10.8. The molecule has 0 atom stereocenters. The van der Waals surface area contributed by atoms with Crippen LogP contribution in [0.5, 0.6) is 0 Å². The predicted octanol–water partition coefficient (Wildman–Crippen LogP) is 15.0. The van der Waals surface area contributed by atoms with E-state index in [9.17, 15) is 5.26 Å². The number of pyridine rings is 1. The average Bonchev–Trinajstić information content (AvgIpc) is 4.11. The quantitative estimate of drug-likeness (QED) is 0.173. The van der Waals surface area contributed by atoms with Crippen molar-refractivity contribution in [2.24, 2.45) is 0 Å².